The normalized spacial score (nSPS) is 19.5. The van der Waals surface area contributed by atoms with Gasteiger partial charge >= 0.3 is 0 Å². The highest BCUT2D eigenvalue weighted by molar-refractivity contribution is 7.89. The molecule has 0 aromatic heterocycles. The number of piperidine rings is 1. The first-order chi connectivity index (χ1) is 16.7. The van der Waals surface area contributed by atoms with Gasteiger partial charge in [-0.2, -0.15) is 4.31 Å². The van der Waals surface area contributed by atoms with Crippen LogP contribution in [0.1, 0.15) is 18.4 Å². The molecule has 2 aliphatic rings. The molecule has 0 spiro atoms. The third-order valence-electron chi connectivity index (χ3n) is 6.83. The summed E-state index contributed by atoms with van der Waals surface area (Å²) in [7, 11) is -0.926. The monoisotopic (exact) mass is 521 g/mol. The number of hydrogen-bond donors (Lipinski definition) is 0. The molecule has 2 fully saturated rings. The van der Waals surface area contributed by atoms with Crippen LogP contribution in [0.5, 0.6) is 11.5 Å². The lowest BCUT2D eigenvalue weighted by atomic mass is 9.97. The van der Waals surface area contributed by atoms with Crippen LogP contribution in [0.15, 0.2) is 41.3 Å². The molecule has 0 saturated carbocycles. The van der Waals surface area contributed by atoms with Crippen LogP contribution < -0.4 is 14.4 Å². The highest BCUT2D eigenvalue weighted by Crippen LogP contribution is 2.33. The molecule has 2 heterocycles. The first-order valence-electron chi connectivity index (χ1n) is 11.8. The Hall–Kier alpha value is -2.49. The molecule has 1 amide bonds. The molecule has 190 valence electrons. The van der Waals surface area contributed by atoms with Gasteiger partial charge in [-0.05, 0) is 49.6 Å². The van der Waals surface area contributed by atoms with Gasteiger partial charge in [-0.15, -0.1) is 0 Å². The van der Waals surface area contributed by atoms with Crippen LogP contribution in [-0.2, 0) is 14.8 Å². The third kappa shape index (κ3) is 5.37. The van der Waals surface area contributed by atoms with E-state index in [2.05, 4.69) is 11.8 Å². The molecular weight excluding hydrogens is 490 g/mol. The van der Waals surface area contributed by atoms with Crippen LogP contribution in [0.25, 0.3) is 0 Å². The van der Waals surface area contributed by atoms with Gasteiger partial charge in [0.1, 0.15) is 16.4 Å². The summed E-state index contributed by atoms with van der Waals surface area (Å²) in [4.78, 5) is 17.5. The molecule has 4 rings (SSSR count). The van der Waals surface area contributed by atoms with Gasteiger partial charge in [-0.3, -0.25) is 4.79 Å². The summed E-state index contributed by atoms with van der Waals surface area (Å²) >= 11 is 6.19. The molecule has 2 aromatic carbocycles. The smallest absolute Gasteiger partial charge is 0.246 e. The zero-order chi connectivity index (χ0) is 25.2. The predicted molar refractivity (Wildman–Crippen MR) is 136 cm³/mol. The lowest BCUT2D eigenvalue weighted by Crippen LogP contribution is -2.53. The SMILES string of the molecule is COc1ccc(OC)c(S(=O)(=O)N2CCC[C@@H](C(=O)N3CCN(c4cc(Cl)ccc4C)CC3)C2)c1. The molecule has 1 atom stereocenters. The molecule has 0 unspecified atom stereocenters. The number of nitrogens with zero attached hydrogens (tertiary/aromatic N) is 3. The Kier molecular flexibility index (Phi) is 7.78. The van der Waals surface area contributed by atoms with E-state index < -0.39 is 10.0 Å². The largest absolute Gasteiger partial charge is 0.497 e. The lowest BCUT2D eigenvalue weighted by Gasteiger charge is -2.40. The number of benzene rings is 2. The fourth-order valence-corrected chi connectivity index (χ4v) is 6.70. The molecule has 35 heavy (non-hydrogen) atoms. The maximum atomic E-state index is 13.5. The minimum atomic E-state index is -3.85. The minimum Gasteiger partial charge on any atom is -0.497 e. The van der Waals surface area contributed by atoms with Crippen LogP contribution >= 0.6 is 11.6 Å². The van der Waals surface area contributed by atoms with E-state index in [9.17, 15) is 13.2 Å². The Bertz CT molecular complexity index is 1180. The van der Waals surface area contributed by atoms with E-state index in [0.717, 1.165) is 11.3 Å². The average Bonchev–Trinajstić information content (AvgIpc) is 2.89. The van der Waals surface area contributed by atoms with Gasteiger partial charge in [0.05, 0.1) is 20.1 Å². The molecule has 2 aliphatic heterocycles. The maximum absolute atomic E-state index is 13.5. The van der Waals surface area contributed by atoms with Crippen molar-refractivity contribution in [2.75, 3.05) is 58.4 Å². The number of carbonyl (C=O) groups excluding carboxylic acids is 1. The van der Waals surface area contributed by atoms with Crippen molar-refractivity contribution in [3.8, 4) is 11.5 Å². The van der Waals surface area contributed by atoms with Crippen LogP contribution in [0.2, 0.25) is 5.02 Å². The lowest BCUT2D eigenvalue weighted by molar-refractivity contribution is -0.137. The van der Waals surface area contributed by atoms with E-state index in [1.165, 1.54) is 24.6 Å². The van der Waals surface area contributed by atoms with Gasteiger partial charge in [0.2, 0.25) is 15.9 Å². The standard InChI is InChI=1S/C25H32ClN3O5S/c1-18-6-7-20(26)15-22(18)27-11-13-28(14-12-27)25(30)19-5-4-10-29(17-19)35(31,32)24-16-21(33-2)8-9-23(24)34-3/h6-9,15-16,19H,4-5,10-14,17H2,1-3H3/t19-/m1/s1. The van der Waals surface area contributed by atoms with Gasteiger partial charge in [0.25, 0.3) is 0 Å². The van der Waals surface area contributed by atoms with E-state index in [-0.39, 0.29) is 29.0 Å². The fourth-order valence-electron chi connectivity index (χ4n) is 4.84. The van der Waals surface area contributed by atoms with Crippen LogP contribution in [0.4, 0.5) is 5.69 Å². The third-order valence-corrected chi connectivity index (χ3v) is 8.95. The van der Waals surface area contributed by atoms with E-state index in [0.29, 0.717) is 56.3 Å². The predicted octanol–water partition coefficient (Wildman–Crippen LogP) is 3.42. The zero-order valence-electron chi connectivity index (χ0n) is 20.4. The Morgan fingerprint density at radius 2 is 1.74 bits per heavy atom. The van der Waals surface area contributed by atoms with E-state index in [1.54, 1.807) is 12.1 Å². The quantitative estimate of drug-likeness (QED) is 0.579. The summed E-state index contributed by atoms with van der Waals surface area (Å²) in [5.74, 6) is 0.341. The van der Waals surface area contributed by atoms with Crippen molar-refractivity contribution in [1.82, 2.24) is 9.21 Å². The second-order valence-corrected chi connectivity index (χ2v) is 11.3. The second kappa shape index (κ2) is 10.6. The first-order valence-corrected chi connectivity index (χ1v) is 13.6. The van der Waals surface area contributed by atoms with Crippen LogP contribution in [-0.4, -0.2) is 77.0 Å². The molecule has 0 N–H and O–H groups in total. The molecule has 0 bridgehead atoms. The van der Waals surface area contributed by atoms with Crippen molar-refractivity contribution in [2.24, 2.45) is 5.92 Å². The number of ether oxygens (including phenoxy) is 2. The maximum Gasteiger partial charge on any atom is 0.246 e. The molecule has 0 radical (unpaired) electrons. The Morgan fingerprint density at radius 1 is 1.00 bits per heavy atom. The number of anilines is 1. The number of piperazine rings is 1. The molecule has 2 aromatic rings. The minimum absolute atomic E-state index is 0.0185. The summed E-state index contributed by atoms with van der Waals surface area (Å²) in [6.45, 7) is 5.20. The number of aryl methyl sites for hydroxylation is 1. The van der Waals surface area contributed by atoms with Gasteiger partial charge in [-0.25, -0.2) is 8.42 Å². The average molecular weight is 522 g/mol. The first kappa shape index (κ1) is 25.6. The number of halogens is 1. The Labute approximate surface area is 212 Å². The van der Waals surface area contributed by atoms with Crippen molar-refractivity contribution in [2.45, 2.75) is 24.7 Å². The van der Waals surface area contributed by atoms with Crippen LogP contribution in [0.3, 0.4) is 0 Å². The van der Waals surface area contributed by atoms with Crippen molar-refractivity contribution in [3.05, 3.63) is 47.0 Å². The van der Waals surface area contributed by atoms with Gasteiger partial charge in [0, 0.05) is 56.0 Å². The number of rotatable bonds is 6. The van der Waals surface area contributed by atoms with Crippen molar-refractivity contribution < 1.29 is 22.7 Å². The molecule has 10 heteroatoms. The summed E-state index contributed by atoms with van der Waals surface area (Å²) in [5.41, 5.74) is 2.24. The zero-order valence-corrected chi connectivity index (χ0v) is 21.9. The molecule has 8 nitrogen and oxygen atoms in total. The number of amides is 1. The summed E-state index contributed by atoms with van der Waals surface area (Å²) < 4.78 is 38.9. The van der Waals surface area contributed by atoms with Gasteiger partial charge in [-0.1, -0.05) is 17.7 Å². The van der Waals surface area contributed by atoms with E-state index in [1.807, 2.05) is 23.1 Å². The van der Waals surface area contributed by atoms with Crippen molar-refractivity contribution in [3.63, 3.8) is 0 Å². The Balaban J connectivity index is 1.44. The number of sulfonamides is 1. The van der Waals surface area contributed by atoms with Crippen LogP contribution in [0, 0.1) is 12.8 Å². The van der Waals surface area contributed by atoms with Crippen molar-refractivity contribution >= 4 is 33.2 Å². The number of hydrogen-bond acceptors (Lipinski definition) is 6. The summed E-state index contributed by atoms with van der Waals surface area (Å²) in [6.07, 6.45) is 1.30. The summed E-state index contributed by atoms with van der Waals surface area (Å²) in [5, 5.41) is 0.695. The second-order valence-electron chi connectivity index (χ2n) is 8.96. The molecular formula is C25H32ClN3O5S. The fraction of sp³-hybridized carbons (Fsp3) is 0.480. The highest BCUT2D eigenvalue weighted by Gasteiger charge is 2.37. The number of carbonyl (C=O) groups is 1. The topological polar surface area (TPSA) is 79.4 Å². The Morgan fingerprint density at radius 3 is 2.43 bits per heavy atom. The molecule has 2 saturated heterocycles. The van der Waals surface area contributed by atoms with Gasteiger partial charge in [0.15, 0.2) is 0 Å². The highest BCUT2D eigenvalue weighted by atomic mass is 35.5. The van der Waals surface area contributed by atoms with Crippen molar-refractivity contribution in [1.29, 1.82) is 0 Å². The van der Waals surface area contributed by atoms with E-state index >= 15 is 0 Å². The molecule has 0 aliphatic carbocycles. The summed E-state index contributed by atoms with van der Waals surface area (Å²) in [6, 6.07) is 10.6. The number of methoxy groups -OCH3 is 2. The van der Waals surface area contributed by atoms with Gasteiger partial charge < -0.3 is 19.3 Å². The van der Waals surface area contributed by atoms with E-state index in [4.69, 9.17) is 21.1 Å².